The molecule has 0 aliphatic heterocycles. The molecule has 0 amide bonds. The topological polar surface area (TPSA) is 84.3 Å². The molecule has 0 fully saturated rings. The van der Waals surface area contributed by atoms with Crippen molar-refractivity contribution in [3.8, 4) is 5.75 Å². The van der Waals surface area contributed by atoms with Gasteiger partial charge in [0.25, 0.3) is 0 Å². The molecule has 1 aromatic carbocycles. The van der Waals surface area contributed by atoms with Crippen LogP contribution in [-0.4, -0.2) is 28.2 Å². The van der Waals surface area contributed by atoms with E-state index in [2.05, 4.69) is 31.2 Å². The van der Waals surface area contributed by atoms with Crippen molar-refractivity contribution in [3.63, 3.8) is 0 Å². The van der Waals surface area contributed by atoms with Gasteiger partial charge in [-0.1, -0.05) is 0 Å². The molecule has 1 heterocycles. The maximum atomic E-state index is 10.9. The zero-order chi connectivity index (χ0) is 14.7. The minimum atomic E-state index is -1.04. The molecule has 6 nitrogen and oxygen atoms in total. The van der Waals surface area contributed by atoms with Crippen LogP contribution in [0.25, 0.3) is 0 Å². The number of hydrogen-bond donors (Lipinski definition) is 2. The van der Waals surface area contributed by atoms with E-state index in [0.29, 0.717) is 17.4 Å². The molecule has 2 rings (SSSR count). The molecule has 0 radical (unpaired) electrons. The minimum absolute atomic E-state index is 0.0870. The molecule has 20 heavy (non-hydrogen) atoms. The first-order chi connectivity index (χ1) is 9.51. The zero-order valence-electron chi connectivity index (χ0n) is 10.8. The summed E-state index contributed by atoms with van der Waals surface area (Å²) in [4.78, 5) is 19.0. The van der Waals surface area contributed by atoms with Gasteiger partial charge >= 0.3 is 5.97 Å². The number of nitrogens with one attached hydrogen (secondary N) is 1. The highest BCUT2D eigenvalue weighted by Gasteiger charge is 2.10. The molecule has 0 aliphatic carbocycles. The zero-order valence-corrected chi connectivity index (χ0v) is 12.4. The first-order valence-electron chi connectivity index (χ1n) is 5.68. The number of carboxylic acid groups (broad SMARTS) is 1. The highest BCUT2D eigenvalue weighted by atomic mass is 79.9. The third-order valence-corrected chi connectivity index (χ3v) is 3.27. The predicted octanol–water partition coefficient (Wildman–Crippen LogP) is 3.00. The van der Waals surface area contributed by atoms with Gasteiger partial charge in [0, 0.05) is 18.0 Å². The summed E-state index contributed by atoms with van der Waals surface area (Å²) >= 11 is 3.36. The number of benzene rings is 1. The van der Waals surface area contributed by atoms with Gasteiger partial charge < -0.3 is 15.2 Å². The molecule has 0 atom stereocenters. The number of aromatic nitrogens is 2. The van der Waals surface area contributed by atoms with Crippen molar-refractivity contribution in [1.82, 2.24) is 9.97 Å². The van der Waals surface area contributed by atoms with Gasteiger partial charge in [0.15, 0.2) is 0 Å². The van der Waals surface area contributed by atoms with Crippen LogP contribution in [0, 0.1) is 6.92 Å². The lowest BCUT2D eigenvalue weighted by atomic mass is 10.2. The van der Waals surface area contributed by atoms with Crippen LogP contribution >= 0.6 is 15.9 Å². The van der Waals surface area contributed by atoms with E-state index in [1.54, 1.807) is 20.1 Å². The Labute approximate surface area is 124 Å². The standard InChI is InChI=1S/C13H12BrN3O3/c1-7-9(12(18)19)6-15-13(16-7)17-8-3-4-10(14)11(5-8)20-2/h3-6H,1-2H3,(H,18,19)(H,15,16,17). The van der Waals surface area contributed by atoms with Gasteiger partial charge in [-0.05, 0) is 35.0 Å². The van der Waals surface area contributed by atoms with E-state index in [1.165, 1.54) is 6.20 Å². The van der Waals surface area contributed by atoms with E-state index in [0.717, 1.165) is 10.2 Å². The summed E-state index contributed by atoms with van der Waals surface area (Å²) in [5, 5.41) is 11.9. The minimum Gasteiger partial charge on any atom is -0.495 e. The van der Waals surface area contributed by atoms with Crippen molar-refractivity contribution in [3.05, 3.63) is 40.1 Å². The molecular weight excluding hydrogens is 326 g/mol. The number of rotatable bonds is 4. The first kappa shape index (κ1) is 14.3. The van der Waals surface area contributed by atoms with Gasteiger partial charge in [-0.25, -0.2) is 14.8 Å². The lowest BCUT2D eigenvalue weighted by molar-refractivity contribution is 0.0695. The number of nitrogens with zero attached hydrogens (tertiary/aromatic N) is 2. The van der Waals surface area contributed by atoms with Crippen molar-refractivity contribution in [1.29, 1.82) is 0 Å². The SMILES string of the molecule is COc1cc(Nc2ncc(C(=O)O)c(C)n2)ccc1Br. The maximum Gasteiger partial charge on any atom is 0.339 e. The van der Waals surface area contributed by atoms with Crippen molar-refractivity contribution in [2.75, 3.05) is 12.4 Å². The Bertz CT molecular complexity index is 661. The monoisotopic (exact) mass is 337 g/mol. The molecule has 2 aromatic rings. The third kappa shape index (κ3) is 3.05. The number of methoxy groups -OCH3 is 1. The average Bonchev–Trinajstić information content (AvgIpc) is 2.40. The number of anilines is 2. The number of carbonyl (C=O) groups is 1. The van der Waals surface area contributed by atoms with Crippen LogP contribution in [0.5, 0.6) is 5.75 Å². The van der Waals surface area contributed by atoms with Crippen molar-refractivity contribution < 1.29 is 14.6 Å². The summed E-state index contributed by atoms with van der Waals surface area (Å²) in [6, 6.07) is 5.45. The molecule has 2 N–H and O–H groups in total. The van der Waals surface area contributed by atoms with Gasteiger partial charge in [0.2, 0.25) is 5.95 Å². The highest BCUT2D eigenvalue weighted by molar-refractivity contribution is 9.10. The molecule has 0 aliphatic rings. The normalized spacial score (nSPS) is 10.2. The number of ether oxygens (including phenoxy) is 1. The van der Waals surface area contributed by atoms with Crippen LogP contribution in [0.4, 0.5) is 11.6 Å². The molecule has 0 bridgehead atoms. The predicted molar refractivity (Wildman–Crippen MR) is 77.7 cm³/mol. The van der Waals surface area contributed by atoms with Crippen LogP contribution in [0.3, 0.4) is 0 Å². The summed E-state index contributed by atoms with van der Waals surface area (Å²) in [6.45, 7) is 1.62. The van der Waals surface area contributed by atoms with Crippen molar-refractivity contribution in [2.45, 2.75) is 6.92 Å². The fourth-order valence-electron chi connectivity index (χ4n) is 1.60. The molecule has 0 saturated carbocycles. The second kappa shape index (κ2) is 5.87. The van der Waals surface area contributed by atoms with Gasteiger partial charge in [0.1, 0.15) is 5.75 Å². The molecular formula is C13H12BrN3O3. The number of aromatic carboxylic acids is 1. The summed E-state index contributed by atoms with van der Waals surface area (Å²) in [7, 11) is 1.58. The van der Waals surface area contributed by atoms with E-state index in [-0.39, 0.29) is 5.56 Å². The molecule has 0 saturated heterocycles. The summed E-state index contributed by atoms with van der Waals surface area (Å²) < 4.78 is 6.03. The van der Waals surface area contributed by atoms with Crippen LogP contribution < -0.4 is 10.1 Å². The summed E-state index contributed by atoms with van der Waals surface area (Å²) in [6.07, 6.45) is 1.28. The molecule has 104 valence electrons. The third-order valence-electron chi connectivity index (χ3n) is 2.62. The van der Waals surface area contributed by atoms with Gasteiger partial charge in [-0.2, -0.15) is 0 Å². The van der Waals surface area contributed by atoms with Crippen molar-refractivity contribution >= 4 is 33.5 Å². The molecule has 0 spiro atoms. The van der Waals surface area contributed by atoms with Crippen LogP contribution in [-0.2, 0) is 0 Å². The maximum absolute atomic E-state index is 10.9. The van der Waals surface area contributed by atoms with Gasteiger partial charge in [0.05, 0.1) is 22.8 Å². The van der Waals surface area contributed by atoms with Crippen LogP contribution in [0.2, 0.25) is 0 Å². The smallest absolute Gasteiger partial charge is 0.339 e. The van der Waals surface area contributed by atoms with E-state index in [4.69, 9.17) is 9.84 Å². The van der Waals surface area contributed by atoms with Crippen molar-refractivity contribution in [2.24, 2.45) is 0 Å². The second-order valence-electron chi connectivity index (χ2n) is 3.97. The Hall–Kier alpha value is -2.15. The van der Waals surface area contributed by atoms with E-state index in [9.17, 15) is 4.79 Å². The highest BCUT2D eigenvalue weighted by Crippen LogP contribution is 2.28. The quantitative estimate of drug-likeness (QED) is 0.892. The summed E-state index contributed by atoms with van der Waals surface area (Å²) in [5.41, 5.74) is 1.23. The van der Waals surface area contributed by atoms with Crippen LogP contribution in [0.15, 0.2) is 28.9 Å². The molecule has 1 aromatic heterocycles. The Balaban J connectivity index is 2.26. The van der Waals surface area contributed by atoms with Gasteiger partial charge in [-0.15, -0.1) is 0 Å². The number of halogens is 1. The lowest BCUT2D eigenvalue weighted by Crippen LogP contribution is -2.06. The Morgan fingerprint density at radius 3 is 2.80 bits per heavy atom. The average molecular weight is 338 g/mol. The van der Waals surface area contributed by atoms with Gasteiger partial charge in [-0.3, -0.25) is 0 Å². The first-order valence-corrected chi connectivity index (χ1v) is 6.48. The van der Waals surface area contributed by atoms with E-state index >= 15 is 0 Å². The Kier molecular flexibility index (Phi) is 4.19. The van der Waals surface area contributed by atoms with E-state index in [1.807, 2.05) is 12.1 Å². The number of aryl methyl sites for hydroxylation is 1. The molecule has 7 heteroatoms. The molecule has 0 unspecified atom stereocenters. The summed E-state index contributed by atoms with van der Waals surface area (Å²) in [5.74, 6) is -0.0369. The van der Waals surface area contributed by atoms with E-state index < -0.39 is 5.97 Å². The van der Waals surface area contributed by atoms with Crippen LogP contribution in [0.1, 0.15) is 16.1 Å². The number of hydrogen-bond acceptors (Lipinski definition) is 5. The second-order valence-corrected chi connectivity index (χ2v) is 4.83. The Morgan fingerprint density at radius 1 is 1.45 bits per heavy atom. The number of carboxylic acids is 1. The fraction of sp³-hybridized carbons (Fsp3) is 0.154. The largest absolute Gasteiger partial charge is 0.495 e. The Morgan fingerprint density at radius 2 is 2.20 bits per heavy atom. The fourth-order valence-corrected chi connectivity index (χ4v) is 2.01. The lowest BCUT2D eigenvalue weighted by Gasteiger charge is -2.09.